The van der Waals surface area contributed by atoms with Gasteiger partial charge in [0.15, 0.2) is 0 Å². The Labute approximate surface area is 141 Å². The maximum Gasteiger partial charge on any atom is 0.336 e. The van der Waals surface area contributed by atoms with Crippen LogP contribution >= 0.6 is 7.60 Å². The van der Waals surface area contributed by atoms with Gasteiger partial charge in [-0.05, 0) is 26.8 Å². The first-order valence-electron chi connectivity index (χ1n) is 8.17. The zero-order valence-corrected chi connectivity index (χ0v) is 17.2. The van der Waals surface area contributed by atoms with E-state index in [0.29, 0.717) is 25.6 Å². The second kappa shape index (κ2) is 9.13. The predicted octanol–water partition coefficient (Wildman–Crippen LogP) is 4.27. The standard InChI is InChI=1S/C15H31N2O4PSi/c1-7-20-22(18,21-8-2)12-15-11-17(14(3)16-15)13-19-9-10-23(4,5)6/h11H,7-10,12-13H2,1-6H3. The van der Waals surface area contributed by atoms with Gasteiger partial charge in [0.2, 0.25) is 0 Å². The molecule has 0 saturated heterocycles. The van der Waals surface area contributed by atoms with Crippen molar-refractivity contribution in [3.63, 3.8) is 0 Å². The molecule has 0 amide bonds. The van der Waals surface area contributed by atoms with E-state index in [-0.39, 0.29) is 6.16 Å². The van der Waals surface area contributed by atoms with Gasteiger partial charge in [0.1, 0.15) is 12.6 Å². The number of nitrogens with zero attached hydrogens (tertiary/aromatic N) is 2. The molecular weight excluding hydrogens is 331 g/mol. The van der Waals surface area contributed by atoms with Crippen LogP contribution in [0.3, 0.4) is 0 Å². The smallest absolute Gasteiger partial charge is 0.336 e. The minimum Gasteiger partial charge on any atom is -0.361 e. The van der Waals surface area contributed by atoms with Crippen molar-refractivity contribution in [1.82, 2.24) is 9.55 Å². The molecule has 1 aromatic heterocycles. The SMILES string of the molecule is CCOP(=O)(Cc1cn(COCC[Si](C)(C)C)c(C)n1)OCC. The summed E-state index contributed by atoms with van der Waals surface area (Å²) < 4.78 is 30.9. The van der Waals surface area contributed by atoms with Crippen molar-refractivity contribution in [3.8, 4) is 0 Å². The van der Waals surface area contributed by atoms with Gasteiger partial charge in [-0.15, -0.1) is 0 Å². The molecule has 134 valence electrons. The molecule has 1 heterocycles. The van der Waals surface area contributed by atoms with Crippen LogP contribution in [0, 0.1) is 6.92 Å². The van der Waals surface area contributed by atoms with E-state index in [1.54, 1.807) is 0 Å². The molecule has 0 bridgehead atoms. The van der Waals surface area contributed by atoms with Gasteiger partial charge in [-0.2, -0.15) is 0 Å². The highest BCUT2D eigenvalue weighted by atomic mass is 31.2. The summed E-state index contributed by atoms with van der Waals surface area (Å²) in [5.74, 6) is 0.840. The van der Waals surface area contributed by atoms with Crippen LogP contribution in [0.5, 0.6) is 0 Å². The van der Waals surface area contributed by atoms with Gasteiger partial charge < -0.3 is 18.4 Å². The van der Waals surface area contributed by atoms with Crippen molar-refractivity contribution in [3.05, 3.63) is 17.7 Å². The Balaban J connectivity index is 2.61. The second-order valence-electron chi connectivity index (χ2n) is 6.70. The molecule has 0 atom stereocenters. The minimum absolute atomic E-state index is 0.192. The van der Waals surface area contributed by atoms with E-state index in [1.165, 1.54) is 0 Å². The van der Waals surface area contributed by atoms with Gasteiger partial charge in [-0.1, -0.05) is 19.6 Å². The maximum atomic E-state index is 12.6. The van der Waals surface area contributed by atoms with Crippen molar-refractivity contribution < 1.29 is 18.3 Å². The summed E-state index contributed by atoms with van der Waals surface area (Å²) >= 11 is 0. The molecular formula is C15H31N2O4PSi. The molecule has 0 aliphatic heterocycles. The molecule has 0 saturated carbocycles. The van der Waals surface area contributed by atoms with Crippen LogP contribution in [0.25, 0.3) is 0 Å². The van der Waals surface area contributed by atoms with Crippen molar-refractivity contribution in [2.45, 2.75) is 59.3 Å². The maximum absolute atomic E-state index is 12.6. The van der Waals surface area contributed by atoms with E-state index in [9.17, 15) is 4.57 Å². The number of hydrogen-bond acceptors (Lipinski definition) is 5. The lowest BCUT2D eigenvalue weighted by molar-refractivity contribution is 0.0857. The normalized spacial score (nSPS) is 12.8. The van der Waals surface area contributed by atoms with Crippen LogP contribution in [0.4, 0.5) is 0 Å². The van der Waals surface area contributed by atoms with E-state index in [1.807, 2.05) is 31.5 Å². The molecule has 1 aromatic rings. The second-order valence-corrected chi connectivity index (χ2v) is 14.4. The lowest BCUT2D eigenvalue weighted by Crippen LogP contribution is -2.22. The molecule has 0 spiro atoms. The predicted molar refractivity (Wildman–Crippen MR) is 95.6 cm³/mol. The number of rotatable bonds is 11. The van der Waals surface area contributed by atoms with Crippen molar-refractivity contribution in [1.29, 1.82) is 0 Å². The Kier molecular flexibility index (Phi) is 8.17. The summed E-state index contributed by atoms with van der Waals surface area (Å²) in [6.45, 7) is 14.5. The molecule has 0 aliphatic carbocycles. The fourth-order valence-corrected chi connectivity index (χ4v) is 4.39. The molecule has 0 radical (unpaired) electrons. The van der Waals surface area contributed by atoms with Crippen LogP contribution < -0.4 is 0 Å². The molecule has 8 heteroatoms. The minimum atomic E-state index is -3.11. The van der Waals surface area contributed by atoms with Gasteiger partial charge >= 0.3 is 7.60 Å². The van der Waals surface area contributed by atoms with Crippen LogP contribution in [0.15, 0.2) is 6.20 Å². The first-order valence-corrected chi connectivity index (χ1v) is 13.6. The Morgan fingerprint density at radius 3 is 2.35 bits per heavy atom. The molecule has 6 nitrogen and oxygen atoms in total. The van der Waals surface area contributed by atoms with Crippen molar-refractivity contribution >= 4 is 15.7 Å². The average molecular weight is 362 g/mol. The summed E-state index contributed by atoms with van der Waals surface area (Å²) in [5.41, 5.74) is 0.710. The van der Waals surface area contributed by atoms with Gasteiger partial charge in [0.25, 0.3) is 0 Å². The highest BCUT2D eigenvalue weighted by molar-refractivity contribution is 7.53. The number of ether oxygens (including phenoxy) is 1. The fraction of sp³-hybridized carbons (Fsp3) is 0.800. The number of hydrogen-bond donors (Lipinski definition) is 0. The fourth-order valence-electron chi connectivity index (χ4n) is 2.04. The van der Waals surface area contributed by atoms with E-state index in [2.05, 4.69) is 24.6 Å². The molecule has 1 rings (SSSR count). The van der Waals surface area contributed by atoms with Crippen molar-refractivity contribution in [2.24, 2.45) is 0 Å². The highest BCUT2D eigenvalue weighted by Gasteiger charge is 2.25. The van der Waals surface area contributed by atoms with Crippen LogP contribution in [0.1, 0.15) is 25.4 Å². The zero-order chi connectivity index (χ0) is 17.5. The quantitative estimate of drug-likeness (QED) is 0.334. The summed E-state index contributed by atoms with van der Waals surface area (Å²) in [4.78, 5) is 4.45. The largest absolute Gasteiger partial charge is 0.361 e. The van der Waals surface area contributed by atoms with Crippen LogP contribution in [0.2, 0.25) is 25.7 Å². The molecule has 0 aliphatic rings. The third-order valence-electron chi connectivity index (χ3n) is 3.26. The lowest BCUT2D eigenvalue weighted by Gasteiger charge is -2.16. The topological polar surface area (TPSA) is 62.6 Å². The summed E-state index contributed by atoms with van der Waals surface area (Å²) in [7, 11) is -4.19. The molecule has 0 aromatic carbocycles. The van der Waals surface area contributed by atoms with Gasteiger partial charge in [-0.25, -0.2) is 4.98 Å². The average Bonchev–Trinajstić information content (AvgIpc) is 2.74. The summed E-state index contributed by atoms with van der Waals surface area (Å²) in [5, 5.41) is 0. The van der Waals surface area contributed by atoms with E-state index < -0.39 is 15.7 Å². The number of aromatic nitrogens is 2. The van der Waals surface area contributed by atoms with E-state index >= 15 is 0 Å². The monoisotopic (exact) mass is 362 g/mol. The van der Waals surface area contributed by atoms with Crippen LogP contribution in [-0.4, -0.2) is 37.4 Å². The van der Waals surface area contributed by atoms with Gasteiger partial charge in [-0.3, -0.25) is 4.57 Å². The summed E-state index contributed by atoms with van der Waals surface area (Å²) in [6.07, 6.45) is 2.06. The van der Waals surface area contributed by atoms with E-state index in [0.717, 1.165) is 18.5 Å². The molecule has 0 N–H and O–H groups in total. The van der Waals surface area contributed by atoms with Gasteiger partial charge in [0, 0.05) is 20.9 Å². The Morgan fingerprint density at radius 2 is 1.83 bits per heavy atom. The zero-order valence-electron chi connectivity index (χ0n) is 15.3. The third kappa shape index (κ3) is 7.77. The molecule has 23 heavy (non-hydrogen) atoms. The Bertz CT molecular complexity index is 518. The first kappa shape index (κ1) is 20.6. The third-order valence-corrected chi connectivity index (χ3v) is 6.98. The Hall–Kier alpha value is -0.463. The number of imidazole rings is 1. The molecule has 0 fully saturated rings. The van der Waals surface area contributed by atoms with E-state index in [4.69, 9.17) is 13.8 Å². The Morgan fingerprint density at radius 1 is 1.22 bits per heavy atom. The van der Waals surface area contributed by atoms with Crippen molar-refractivity contribution in [2.75, 3.05) is 19.8 Å². The van der Waals surface area contributed by atoms with Gasteiger partial charge in [0.05, 0.1) is 25.1 Å². The summed E-state index contributed by atoms with van der Waals surface area (Å²) in [6, 6.07) is 1.14. The number of aryl methyl sites for hydroxylation is 1. The molecule has 0 unspecified atom stereocenters. The highest BCUT2D eigenvalue weighted by Crippen LogP contribution is 2.50. The first-order chi connectivity index (χ1) is 10.7. The van der Waals surface area contributed by atoms with Crippen LogP contribution in [-0.2, 0) is 31.2 Å². The lowest BCUT2D eigenvalue weighted by atomic mass is 10.6.